The Morgan fingerprint density at radius 2 is 2.11 bits per heavy atom. The molecule has 0 aliphatic rings. The predicted octanol–water partition coefficient (Wildman–Crippen LogP) is 3.19. The van der Waals surface area contributed by atoms with E-state index in [9.17, 15) is 9.59 Å². The van der Waals surface area contributed by atoms with Gasteiger partial charge in [-0.05, 0) is 11.6 Å². The molecule has 3 aromatic rings. The van der Waals surface area contributed by atoms with Gasteiger partial charge in [0.05, 0.1) is 18.4 Å². The van der Waals surface area contributed by atoms with E-state index < -0.39 is 5.24 Å². The largest absolute Gasteiger partial charge is 0.475 e. The molecular formula is C17H16N4O5S2. The summed E-state index contributed by atoms with van der Waals surface area (Å²) < 4.78 is 10.2. The number of amides is 2. The zero-order chi connectivity index (χ0) is 19.8. The van der Waals surface area contributed by atoms with Gasteiger partial charge in [-0.25, -0.2) is 10.5 Å². The van der Waals surface area contributed by atoms with Crippen molar-refractivity contribution in [1.82, 2.24) is 20.9 Å². The molecule has 0 aliphatic carbocycles. The van der Waals surface area contributed by atoms with Crippen molar-refractivity contribution in [1.29, 1.82) is 0 Å². The highest BCUT2D eigenvalue weighted by molar-refractivity contribution is 8.13. The minimum absolute atomic E-state index is 0.188. The van der Waals surface area contributed by atoms with Crippen LogP contribution < -0.4 is 15.5 Å². The van der Waals surface area contributed by atoms with Crippen molar-refractivity contribution in [2.24, 2.45) is 0 Å². The molecule has 0 atom stereocenters. The number of carbonyl (C=O) groups is 2. The first-order chi connectivity index (χ1) is 13.7. The summed E-state index contributed by atoms with van der Waals surface area (Å²) >= 11 is 1.93. The zero-order valence-corrected chi connectivity index (χ0v) is 16.1. The van der Waals surface area contributed by atoms with Crippen LogP contribution in [0.4, 0.5) is 4.79 Å². The van der Waals surface area contributed by atoms with E-state index in [-0.39, 0.29) is 16.9 Å². The quantitative estimate of drug-likeness (QED) is 0.219. The lowest BCUT2D eigenvalue weighted by molar-refractivity contribution is 0.0951. The van der Waals surface area contributed by atoms with Crippen molar-refractivity contribution < 1.29 is 24.1 Å². The molecule has 0 radical (unpaired) electrons. The molecule has 0 spiro atoms. The average Bonchev–Trinajstić information content (AvgIpc) is 3.38. The Hall–Kier alpha value is -2.89. The van der Waals surface area contributed by atoms with E-state index in [0.717, 1.165) is 11.3 Å². The number of ether oxygens (including phenoxy) is 1. The molecule has 28 heavy (non-hydrogen) atoms. The minimum Gasteiger partial charge on any atom is -0.475 e. The monoisotopic (exact) mass is 420 g/mol. The molecule has 0 saturated heterocycles. The summed E-state index contributed by atoms with van der Waals surface area (Å²) in [5, 5.41) is 16.6. The highest BCUT2D eigenvalue weighted by Crippen LogP contribution is 2.23. The number of benzene rings is 1. The molecule has 2 heterocycles. The fraction of sp³-hybridized carbons (Fsp3) is 0.176. The smallest absolute Gasteiger partial charge is 0.310 e. The van der Waals surface area contributed by atoms with Gasteiger partial charge in [0.1, 0.15) is 0 Å². The van der Waals surface area contributed by atoms with Gasteiger partial charge in [0.2, 0.25) is 5.09 Å². The van der Waals surface area contributed by atoms with E-state index in [1.165, 1.54) is 22.9 Å². The maximum Gasteiger partial charge on any atom is 0.310 e. The number of carbonyl (C=O) groups excluding carboxylic acids is 2. The normalized spacial score (nSPS) is 10.5. The van der Waals surface area contributed by atoms with Crippen LogP contribution >= 0.6 is 23.1 Å². The Balaban J connectivity index is 1.38. The molecule has 1 aromatic carbocycles. The van der Waals surface area contributed by atoms with Crippen molar-refractivity contribution in [3.05, 3.63) is 46.8 Å². The van der Waals surface area contributed by atoms with Crippen LogP contribution in [0.1, 0.15) is 16.2 Å². The van der Waals surface area contributed by atoms with Gasteiger partial charge >= 0.3 is 5.24 Å². The molecule has 146 valence electrons. The van der Waals surface area contributed by atoms with E-state index in [2.05, 4.69) is 15.5 Å². The molecule has 2 aromatic heterocycles. The van der Waals surface area contributed by atoms with Crippen LogP contribution in [0.5, 0.6) is 5.88 Å². The molecule has 9 nitrogen and oxygen atoms in total. The van der Waals surface area contributed by atoms with Crippen molar-refractivity contribution in [3.63, 3.8) is 0 Å². The summed E-state index contributed by atoms with van der Waals surface area (Å²) in [6.45, 7) is 0.710. The van der Waals surface area contributed by atoms with E-state index in [1.54, 1.807) is 0 Å². The molecule has 0 bridgehead atoms. The second-order valence-corrected chi connectivity index (χ2v) is 7.18. The van der Waals surface area contributed by atoms with Crippen LogP contribution in [0.2, 0.25) is 0 Å². The minimum atomic E-state index is -0.692. The fourth-order valence-corrected chi connectivity index (χ4v) is 3.32. The van der Waals surface area contributed by atoms with E-state index in [0.29, 0.717) is 36.3 Å². The molecule has 0 aliphatic heterocycles. The SMILES string of the molecule is O=C(NO)Sc1cc(OCCCNC(=O)c2nc(-c3ccccc3)cs2)no1. The van der Waals surface area contributed by atoms with Crippen molar-refractivity contribution in [2.45, 2.75) is 11.5 Å². The van der Waals surface area contributed by atoms with Gasteiger partial charge in [0.15, 0.2) is 5.01 Å². The van der Waals surface area contributed by atoms with Crippen molar-refractivity contribution in [2.75, 3.05) is 13.2 Å². The van der Waals surface area contributed by atoms with Gasteiger partial charge in [-0.15, -0.1) is 11.3 Å². The summed E-state index contributed by atoms with van der Waals surface area (Å²) in [7, 11) is 0. The van der Waals surface area contributed by atoms with Crippen LogP contribution in [0.25, 0.3) is 11.3 Å². The third-order valence-corrected chi connectivity index (χ3v) is 4.89. The zero-order valence-electron chi connectivity index (χ0n) is 14.5. The summed E-state index contributed by atoms with van der Waals surface area (Å²) in [4.78, 5) is 27.5. The molecule has 3 rings (SSSR count). The number of thioether (sulfide) groups is 1. The van der Waals surface area contributed by atoms with E-state index >= 15 is 0 Å². The van der Waals surface area contributed by atoms with Crippen molar-refractivity contribution >= 4 is 34.2 Å². The van der Waals surface area contributed by atoms with Gasteiger partial charge in [-0.2, -0.15) is 0 Å². The molecule has 11 heteroatoms. The number of hydrogen-bond acceptors (Lipinski definition) is 9. The molecule has 0 unspecified atom stereocenters. The number of hydrogen-bond donors (Lipinski definition) is 3. The first-order valence-electron chi connectivity index (χ1n) is 8.16. The maximum absolute atomic E-state index is 12.2. The molecule has 2 amide bonds. The summed E-state index contributed by atoms with van der Waals surface area (Å²) in [6, 6.07) is 11.1. The van der Waals surface area contributed by atoms with Gasteiger partial charge in [-0.1, -0.05) is 30.3 Å². The summed E-state index contributed by atoms with van der Waals surface area (Å²) in [5.41, 5.74) is 3.21. The van der Waals surface area contributed by atoms with E-state index in [4.69, 9.17) is 14.5 Å². The predicted molar refractivity (Wildman–Crippen MR) is 103 cm³/mol. The first kappa shape index (κ1) is 19.9. The van der Waals surface area contributed by atoms with Crippen LogP contribution in [0.3, 0.4) is 0 Å². The lowest BCUT2D eigenvalue weighted by atomic mass is 10.2. The Morgan fingerprint density at radius 3 is 2.89 bits per heavy atom. The Bertz CT molecular complexity index is 929. The Kier molecular flexibility index (Phi) is 7.00. The standard InChI is InChI=1S/C17H16N4O5S2/c22-15(16-19-12(10-27-16)11-5-2-1-3-6-11)18-7-4-8-25-13-9-14(26-21-13)28-17(23)20-24/h1-3,5-6,9-10,24H,4,7-8H2,(H,18,22)(H,20,23). The average molecular weight is 420 g/mol. The van der Waals surface area contributed by atoms with Gasteiger partial charge in [0.25, 0.3) is 11.8 Å². The number of nitrogens with one attached hydrogen (secondary N) is 2. The molecule has 0 fully saturated rings. The van der Waals surface area contributed by atoms with Crippen LogP contribution in [-0.2, 0) is 0 Å². The number of aromatic nitrogens is 2. The number of rotatable bonds is 8. The number of thiazole rings is 1. The third-order valence-electron chi connectivity index (χ3n) is 3.38. The second kappa shape index (κ2) is 9.88. The van der Waals surface area contributed by atoms with Crippen molar-refractivity contribution in [3.8, 4) is 17.1 Å². The maximum atomic E-state index is 12.2. The highest BCUT2D eigenvalue weighted by Gasteiger charge is 2.12. The van der Waals surface area contributed by atoms with Crippen LogP contribution in [0.15, 0.2) is 51.4 Å². The third kappa shape index (κ3) is 5.55. The fourth-order valence-electron chi connectivity index (χ4n) is 2.12. The van der Waals surface area contributed by atoms with E-state index in [1.807, 2.05) is 35.7 Å². The summed E-state index contributed by atoms with van der Waals surface area (Å²) in [5.74, 6) is -0.0192. The summed E-state index contributed by atoms with van der Waals surface area (Å²) in [6.07, 6.45) is 0.551. The Labute approximate surface area is 168 Å². The lowest BCUT2D eigenvalue weighted by Gasteiger charge is -2.03. The molecular weight excluding hydrogens is 404 g/mol. The van der Waals surface area contributed by atoms with Gasteiger partial charge in [-0.3, -0.25) is 14.8 Å². The van der Waals surface area contributed by atoms with Crippen LogP contribution in [-0.4, -0.2) is 39.6 Å². The van der Waals surface area contributed by atoms with Crippen LogP contribution in [0, 0.1) is 0 Å². The first-order valence-corrected chi connectivity index (χ1v) is 9.86. The second-order valence-electron chi connectivity index (χ2n) is 5.35. The number of nitrogens with zero attached hydrogens (tertiary/aromatic N) is 2. The topological polar surface area (TPSA) is 127 Å². The van der Waals surface area contributed by atoms with Gasteiger partial charge in [0, 0.05) is 29.3 Å². The Morgan fingerprint density at radius 1 is 1.29 bits per heavy atom. The highest BCUT2D eigenvalue weighted by atomic mass is 32.2. The lowest BCUT2D eigenvalue weighted by Crippen LogP contribution is -2.25. The van der Waals surface area contributed by atoms with Gasteiger partial charge < -0.3 is 14.6 Å². The molecule has 0 saturated carbocycles. The number of hydroxylamine groups is 1. The molecule has 3 N–H and O–H groups in total.